The second-order valence-electron chi connectivity index (χ2n) is 9.33. The van der Waals surface area contributed by atoms with Crippen LogP contribution >= 0.6 is 39.3 Å². The SMILES string of the molecule is CCC(Sc1cccc(NC(=O)/C(=C\c2cccc(Br)c2)NC(=O)c2ccccc2)c1)C(=O)Nc1cccc(Cl)c1C. The quantitative estimate of drug-likeness (QED) is 0.118. The first-order valence-electron chi connectivity index (χ1n) is 13.2. The number of thioether (sulfide) groups is 1. The molecule has 0 aliphatic rings. The van der Waals surface area contributed by atoms with E-state index < -0.39 is 11.8 Å². The molecule has 1 atom stereocenters. The molecule has 0 spiro atoms. The maximum Gasteiger partial charge on any atom is 0.272 e. The lowest BCUT2D eigenvalue weighted by Crippen LogP contribution is -2.30. The number of carbonyl (C=O) groups is 3. The Morgan fingerprint density at radius 3 is 2.38 bits per heavy atom. The van der Waals surface area contributed by atoms with Crippen LogP contribution in [-0.4, -0.2) is 23.0 Å². The number of anilines is 2. The molecule has 4 rings (SSSR count). The van der Waals surface area contributed by atoms with Crippen molar-refractivity contribution in [2.45, 2.75) is 30.4 Å². The minimum absolute atomic E-state index is 0.0858. The zero-order valence-corrected chi connectivity index (χ0v) is 26.1. The van der Waals surface area contributed by atoms with E-state index in [-0.39, 0.29) is 16.9 Å². The van der Waals surface area contributed by atoms with Gasteiger partial charge in [-0.05, 0) is 85.1 Å². The molecular formula is C33H29BrClN3O3S. The van der Waals surface area contributed by atoms with Crippen LogP contribution in [0.3, 0.4) is 0 Å². The lowest BCUT2D eigenvalue weighted by Gasteiger charge is -2.17. The zero-order chi connectivity index (χ0) is 30.1. The lowest BCUT2D eigenvalue weighted by atomic mass is 10.1. The van der Waals surface area contributed by atoms with Gasteiger partial charge in [0.25, 0.3) is 11.8 Å². The van der Waals surface area contributed by atoms with Crippen LogP contribution in [0.15, 0.2) is 112 Å². The van der Waals surface area contributed by atoms with Crippen molar-refractivity contribution in [1.29, 1.82) is 0 Å². The van der Waals surface area contributed by atoms with E-state index in [9.17, 15) is 14.4 Å². The number of rotatable bonds is 10. The van der Waals surface area contributed by atoms with Crippen LogP contribution in [0.4, 0.5) is 11.4 Å². The molecule has 0 heterocycles. The van der Waals surface area contributed by atoms with Crippen molar-refractivity contribution in [3.63, 3.8) is 0 Å². The fraction of sp³-hybridized carbons (Fsp3) is 0.121. The highest BCUT2D eigenvalue weighted by Crippen LogP contribution is 2.30. The Hall–Kier alpha value is -3.85. The summed E-state index contributed by atoms with van der Waals surface area (Å²) in [5, 5.41) is 8.83. The average molecular weight is 663 g/mol. The third-order valence-electron chi connectivity index (χ3n) is 6.25. The molecule has 0 radical (unpaired) electrons. The van der Waals surface area contributed by atoms with Crippen molar-refractivity contribution in [3.8, 4) is 0 Å². The predicted octanol–water partition coefficient (Wildman–Crippen LogP) is 8.33. The highest BCUT2D eigenvalue weighted by atomic mass is 79.9. The molecule has 42 heavy (non-hydrogen) atoms. The molecule has 1 unspecified atom stereocenters. The van der Waals surface area contributed by atoms with Crippen molar-refractivity contribution in [2.75, 3.05) is 10.6 Å². The van der Waals surface area contributed by atoms with E-state index >= 15 is 0 Å². The van der Waals surface area contributed by atoms with Crippen molar-refractivity contribution in [2.24, 2.45) is 0 Å². The van der Waals surface area contributed by atoms with E-state index in [1.165, 1.54) is 11.8 Å². The molecule has 3 N–H and O–H groups in total. The molecule has 0 bridgehead atoms. The molecule has 0 saturated carbocycles. The fourth-order valence-corrected chi connectivity index (χ4v) is 5.60. The van der Waals surface area contributed by atoms with Crippen LogP contribution in [0, 0.1) is 6.92 Å². The van der Waals surface area contributed by atoms with Crippen LogP contribution in [-0.2, 0) is 9.59 Å². The minimum atomic E-state index is -0.484. The van der Waals surface area contributed by atoms with Crippen LogP contribution in [0.1, 0.15) is 34.8 Å². The number of nitrogens with one attached hydrogen (secondary N) is 3. The summed E-state index contributed by atoms with van der Waals surface area (Å²) in [6.45, 7) is 3.81. The fourth-order valence-electron chi connectivity index (χ4n) is 3.99. The summed E-state index contributed by atoms with van der Waals surface area (Å²) in [6.07, 6.45) is 2.21. The van der Waals surface area contributed by atoms with Gasteiger partial charge in [0.05, 0.1) is 5.25 Å². The Balaban J connectivity index is 1.51. The van der Waals surface area contributed by atoms with Crippen molar-refractivity contribution < 1.29 is 14.4 Å². The van der Waals surface area contributed by atoms with Gasteiger partial charge in [0.1, 0.15) is 5.70 Å². The second kappa shape index (κ2) is 14.9. The van der Waals surface area contributed by atoms with Crippen molar-refractivity contribution in [3.05, 3.63) is 129 Å². The van der Waals surface area contributed by atoms with E-state index in [1.54, 1.807) is 54.6 Å². The predicted molar refractivity (Wildman–Crippen MR) is 176 cm³/mol. The number of halogens is 2. The molecule has 3 amide bonds. The van der Waals surface area contributed by atoms with Gasteiger partial charge in [0, 0.05) is 31.3 Å². The summed E-state index contributed by atoms with van der Waals surface area (Å²) in [7, 11) is 0. The van der Waals surface area contributed by atoms with Gasteiger partial charge in [-0.15, -0.1) is 11.8 Å². The average Bonchev–Trinajstić information content (AvgIpc) is 2.98. The van der Waals surface area contributed by atoms with E-state index in [0.717, 1.165) is 20.5 Å². The highest BCUT2D eigenvalue weighted by molar-refractivity contribution is 9.10. The van der Waals surface area contributed by atoms with E-state index in [1.807, 2.05) is 62.4 Å². The molecular weight excluding hydrogens is 634 g/mol. The van der Waals surface area contributed by atoms with Gasteiger partial charge in [-0.1, -0.05) is 76.9 Å². The number of benzene rings is 4. The Kier molecular flexibility index (Phi) is 11.0. The van der Waals surface area contributed by atoms with Crippen LogP contribution in [0.2, 0.25) is 5.02 Å². The van der Waals surface area contributed by atoms with Gasteiger partial charge in [-0.3, -0.25) is 14.4 Å². The molecule has 4 aromatic carbocycles. The molecule has 0 aromatic heterocycles. The third-order valence-corrected chi connectivity index (χ3v) is 8.51. The summed E-state index contributed by atoms with van der Waals surface area (Å²) >= 11 is 11.1. The summed E-state index contributed by atoms with van der Waals surface area (Å²) in [6, 6.07) is 28.8. The summed E-state index contributed by atoms with van der Waals surface area (Å²) in [5.74, 6) is -1.02. The number of amides is 3. The van der Waals surface area contributed by atoms with Gasteiger partial charge in [0.2, 0.25) is 5.91 Å². The molecule has 0 fully saturated rings. The minimum Gasteiger partial charge on any atom is -0.325 e. The van der Waals surface area contributed by atoms with E-state index in [4.69, 9.17) is 11.6 Å². The molecule has 6 nitrogen and oxygen atoms in total. The van der Waals surface area contributed by atoms with Gasteiger partial charge in [-0.25, -0.2) is 0 Å². The van der Waals surface area contributed by atoms with Crippen LogP contribution in [0.5, 0.6) is 0 Å². The van der Waals surface area contributed by atoms with Crippen molar-refractivity contribution in [1.82, 2.24) is 5.32 Å². The summed E-state index contributed by atoms with van der Waals surface area (Å²) in [5.41, 5.74) is 3.26. The van der Waals surface area contributed by atoms with E-state index in [2.05, 4.69) is 31.9 Å². The Morgan fingerprint density at radius 1 is 0.905 bits per heavy atom. The topological polar surface area (TPSA) is 87.3 Å². The number of hydrogen-bond acceptors (Lipinski definition) is 4. The molecule has 214 valence electrons. The molecule has 4 aromatic rings. The first-order valence-corrected chi connectivity index (χ1v) is 15.3. The number of carbonyl (C=O) groups excluding carboxylic acids is 3. The monoisotopic (exact) mass is 661 g/mol. The Labute approximate surface area is 263 Å². The first-order chi connectivity index (χ1) is 20.2. The first kappa shape index (κ1) is 31.1. The largest absolute Gasteiger partial charge is 0.325 e. The van der Waals surface area contributed by atoms with Crippen molar-refractivity contribution >= 4 is 74.5 Å². The smallest absolute Gasteiger partial charge is 0.272 e. The van der Waals surface area contributed by atoms with Gasteiger partial charge < -0.3 is 16.0 Å². The van der Waals surface area contributed by atoms with E-state index in [0.29, 0.717) is 28.4 Å². The summed E-state index contributed by atoms with van der Waals surface area (Å²) in [4.78, 5) is 40.3. The Morgan fingerprint density at radius 2 is 1.64 bits per heavy atom. The highest BCUT2D eigenvalue weighted by Gasteiger charge is 2.20. The lowest BCUT2D eigenvalue weighted by molar-refractivity contribution is -0.116. The maximum absolute atomic E-state index is 13.4. The normalized spacial score (nSPS) is 11.9. The Bertz CT molecular complexity index is 1630. The second-order valence-corrected chi connectivity index (χ2v) is 11.9. The number of hydrogen-bond donors (Lipinski definition) is 3. The van der Waals surface area contributed by atoms with Gasteiger partial charge in [0.15, 0.2) is 0 Å². The molecule has 0 aliphatic heterocycles. The maximum atomic E-state index is 13.4. The van der Waals surface area contributed by atoms with Crippen LogP contribution < -0.4 is 16.0 Å². The third kappa shape index (κ3) is 8.58. The van der Waals surface area contributed by atoms with Gasteiger partial charge in [-0.2, -0.15) is 0 Å². The van der Waals surface area contributed by atoms with Crippen LogP contribution in [0.25, 0.3) is 6.08 Å². The molecule has 0 aliphatic carbocycles. The zero-order valence-electron chi connectivity index (χ0n) is 23.0. The van der Waals surface area contributed by atoms with Gasteiger partial charge >= 0.3 is 0 Å². The summed E-state index contributed by atoms with van der Waals surface area (Å²) < 4.78 is 0.843. The molecule has 0 saturated heterocycles. The molecule has 9 heteroatoms. The standard InChI is InChI=1S/C33H29BrClN3O3S/c1-3-30(33(41)37-28-17-9-16-27(35)21(28)2)42-26-15-8-14-25(20-26)36-32(40)29(19-22-10-7-13-24(34)18-22)38-31(39)23-11-5-4-6-12-23/h4-20,30H,3H2,1-2H3,(H,36,40)(H,37,41)(H,38,39)/b29-19+.